The molecule has 30 heavy (non-hydrogen) atoms. The lowest BCUT2D eigenvalue weighted by Gasteiger charge is -2.32. The van der Waals surface area contributed by atoms with Gasteiger partial charge < -0.3 is 19.2 Å². The molecular weight excluding hydrogens is 384 g/mol. The van der Waals surface area contributed by atoms with E-state index in [9.17, 15) is 9.59 Å². The van der Waals surface area contributed by atoms with E-state index in [2.05, 4.69) is 15.5 Å². The molecule has 1 saturated heterocycles. The number of rotatable bonds is 5. The quantitative estimate of drug-likeness (QED) is 0.696. The van der Waals surface area contributed by atoms with Crippen LogP contribution in [0.1, 0.15) is 47.7 Å². The van der Waals surface area contributed by atoms with Gasteiger partial charge in [-0.1, -0.05) is 29.4 Å². The number of hydrogen-bond acceptors (Lipinski definition) is 6. The molecule has 3 heterocycles. The Bertz CT molecular complexity index is 1020. The summed E-state index contributed by atoms with van der Waals surface area (Å²) >= 11 is 0. The number of benzene rings is 1. The van der Waals surface area contributed by atoms with Crippen LogP contribution in [-0.4, -0.2) is 46.0 Å². The molecule has 8 nitrogen and oxygen atoms in total. The first-order chi connectivity index (χ1) is 14.5. The van der Waals surface area contributed by atoms with E-state index in [0.29, 0.717) is 24.8 Å². The number of piperidine rings is 1. The number of carbonyl (C=O) groups excluding carboxylic acids is 2. The number of amides is 2. The summed E-state index contributed by atoms with van der Waals surface area (Å²) in [7, 11) is 0. The fraction of sp³-hybridized carbons (Fsp3) is 0.364. The van der Waals surface area contributed by atoms with Crippen LogP contribution in [0, 0.1) is 6.92 Å². The standard InChI is InChI=1S/C22H24N4O4/c1-14-6-3-4-7-17(14)19-24-21(30-25-19)16-9-11-26(12-10-16)22(28)15(2)23-20(27)18-8-5-13-29-18/h3-8,13,15-16H,9-12H2,1-2H3,(H,23,27)/t15-/m0/s1. The van der Waals surface area contributed by atoms with Crippen molar-refractivity contribution in [1.82, 2.24) is 20.4 Å². The average Bonchev–Trinajstić information content (AvgIpc) is 3.46. The van der Waals surface area contributed by atoms with Crippen molar-refractivity contribution in [1.29, 1.82) is 0 Å². The lowest BCUT2D eigenvalue weighted by atomic mass is 9.96. The first kappa shape index (κ1) is 19.9. The number of aryl methyl sites for hydroxylation is 1. The number of furan rings is 1. The van der Waals surface area contributed by atoms with Gasteiger partial charge in [-0.25, -0.2) is 0 Å². The molecule has 0 unspecified atom stereocenters. The van der Waals surface area contributed by atoms with Gasteiger partial charge in [-0.15, -0.1) is 0 Å². The minimum absolute atomic E-state index is 0.112. The molecule has 2 amide bonds. The van der Waals surface area contributed by atoms with E-state index in [1.165, 1.54) is 6.26 Å². The summed E-state index contributed by atoms with van der Waals surface area (Å²) in [4.78, 5) is 31.1. The molecule has 4 rings (SSSR count). The van der Waals surface area contributed by atoms with Crippen LogP contribution in [0.2, 0.25) is 0 Å². The Morgan fingerprint density at radius 3 is 2.63 bits per heavy atom. The number of nitrogens with zero attached hydrogens (tertiary/aromatic N) is 3. The smallest absolute Gasteiger partial charge is 0.287 e. The third kappa shape index (κ3) is 4.12. The van der Waals surface area contributed by atoms with Crippen LogP contribution in [0.4, 0.5) is 0 Å². The molecule has 0 spiro atoms. The Hall–Kier alpha value is -3.42. The lowest BCUT2D eigenvalue weighted by Crippen LogP contribution is -2.49. The van der Waals surface area contributed by atoms with Crippen LogP contribution in [0.3, 0.4) is 0 Å². The summed E-state index contributed by atoms with van der Waals surface area (Å²) in [6.07, 6.45) is 2.90. The second-order valence-corrected chi connectivity index (χ2v) is 7.54. The van der Waals surface area contributed by atoms with E-state index < -0.39 is 11.9 Å². The van der Waals surface area contributed by atoms with Crippen molar-refractivity contribution in [3.63, 3.8) is 0 Å². The Balaban J connectivity index is 1.33. The molecule has 8 heteroatoms. The van der Waals surface area contributed by atoms with E-state index in [-0.39, 0.29) is 17.6 Å². The fourth-order valence-corrected chi connectivity index (χ4v) is 3.69. The molecule has 0 radical (unpaired) electrons. The summed E-state index contributed by atoms with van der Waals surface area (Å²) in [5, 5.41) is 6.82. The normalized spacial score (nSPS) is 15.7. The maximum atomic E-state index is 12.7. The Morgan fingerprint density at radius 2 is 1.93 bits per heavy atom. The van der Waals surface area contributed by atoms with Crippen LogP contribution >= 0.6 is 0 Å². The van der Waals surface area contributed by atoms with Gasteiger partial charge in [0.05, 0.1) is 6.26 Å². The second kappa shape index (κ2) is 8.52. The number of likely N-dealkylation sites (tertiary alicyclic amines) is 1. The van der Waals surface area contributed by atoms with Crippen molar-refractivity contribution < 1.29 is 18.5 Å². The largest absolute Gasteiger partial charge is 0.459 e. The first-order valence-electron chi connectivity index (χ1n) is 10.1. The summed E-state index contributed by atoms with van der Waals surface area (Å²) < 4.78 is 10.6. The van der Waals surface area contributed by atoms with E-state index >= 15 is 0 Å². The highest BCUT2D eigenvalue weighted by molar-refractivity contribution is 5.95. The van der Waals surface area contributed by atoms with Crippen molar-refractivity contribution >= 4 is 11.8 Å². The molecule has 0 saturated carbocycles. The summed E-state index contributed by atoms with van der Waals surface area (Å²) in [6, 6.07) is 10.5. The number of carbonyl (C=O) groups is 2. The molecule has 3 aromatic rings. The maximum absolute atomic E-state index is 12.7. The van der Waals surface area contributed by atoms with Crippen LogP contribution in [-0.2, 0) is 4.79 Å². The number of aromatic nitrogens is 2. The van der Waals surface area contributed by atoms with Crippen LogP contribution in [0.5, 0.6) is 0 Å². The third-order valence-corrected chi connectivity index (χ3v) is 5.45. The Morgan fingerprint density at radius 1 is 1.17 bits per heavy atom. The zero-order valence-corrected chi connectivity index (χ0v) is 17.0. The number of hydrogen-bond donors (Lipinski definition) is 1. The van der Waals surface area contributed by atoms with Gasteiger partial charge in [0.1, 0.15) is 6.04 Å². The summed E-state index contributed by atoms with van der Waals surface area (Å²) in [5.41, 5.74) is 2.05. The van der Waals surface area contributed by atoms with E-state index in [4.69, 9.17) is 8.94 Å². The lowest BCUT2D eigenvalue weighted by molar-refractivity contribution is -0.134. The first-order valence-corrected chi connectivity index (χ1v) is 10.1. The molecule has 1 atom stereocenters. The monoisotopic (exact) mass is 408 g/mol. The van der Waals surface area contributed by atoms with E-state index in [1.54, 1.807) is 24.0 Å². The van der Waals surface area contributed by atoms with Gasteiger partial charge in [-0.3, -0.25) is 9.59 Å². The molecule has 1 aromatic carbocycles. The summed E-state index contributed by atoms with van der Waals surface area (Å²) in [6.45, 7) is 4.85. The molecule has 1 aliphatic heterocycles. The zero-order chi connectivity index (χ0) is 21.1. The van der Waals surface area contributed by atoms with E-state index in [1.807, 2.05) is 31.2 Å². The van der Waals surface area contributed by atoms with Crippen molar-refractivity contribution in [3.8, 4) is 11.4 Å². The summed E-state index contributed by atoms with van der Waals surface area (Å²) in [5.74, 6) is 1.00. The van der Waals surface area contributed by atoms with Crippen molar-refractivity contribution in [2.45, 2.75) is 38.6 Å². The number of nitrogens with one attached hydrogen (secondary N) is 1. The molecule has 156 valence electrons. The highest BCUT2D eigenvalue weighted by Gasteiger charge is 2.30. The van der Waals surface area contributed by atoms with Gasteiger partial charge in [-0.2, -0.15) is 4.98 Å². The minimum Gasteiger partial charge on any atom is -0.459 e. The highest BCUT2D eigenvalue weighted by Crippen LogP contribution is 2.29. The predicted octanol–water partition coefficient (Wildman–Crippen LogP) is 3.16. The topological polar surface area (TPSA) is 101 Å². The Labute approximate surface area is 174 Å². The molecule has 2 aromatic heterocycles. The van der Waals surface area contributed by atoms with Gasteiger partial charge in [0, 0.05) is 24.6 Å². The highest BCUT2D eigenvalue weighted by atomic mass is 16.5. The molecule has 1 fully saturated rings. The van der Waals surface area contributed by atoms with Crippen LogP contribution in [0.15, 0.2) is 51.6 Å². The maximum Gasteiger partial charge on any atom is 0.287 e. The van der Waals surface area contributed by atoms with Crippen LogP contribution in [0.25, 0.3) is 11.4 Å². The molecule has 1 N–H and O–H groups in total. The van der Waals surface area contributed by atoms with Gasteiger partial charge in [-0.05, 0) is 44.4 Å². The predicted molar refractivity (Wildman–Crippen MR) is 109 cm³/mol. The fourth-order valence-electron chi connectivity index (χ4n) is 3.69. The molecule has 0 bridgehead atoms. The second-order valence-electron chi connectivity index (χ2n) is 7.54. The molecule has 0 aliphatic carbocycles. The zero-order valence-electron chi connectivity index (χ0n) is 17.0. The van der Waals surface area contributed by atoms with Crippen molar-refractivity contribution in [2.75, 3.05) is 13.1 Å². The van der Waals surface area contributed by atoms with Gasteiger partial charge in [0.25, 0.3) is 5.91 Å². The van der Waals surface area contributed by atoms with Crippen molar-refractivity contribution in [3.05, 3.63) is 59.9 Å². The molecular formula is C22H24N4O4. The van der Waals surface area contributed by atoms with E-state index in [0.717, 1.165) is 24.0 Å². The van der Waals surface area contributed by atoms with Gasteiger partial charge >= 0.3 is 0 Å². The Kier molecular flexibility index (Phi) is 5.65. The molecule has 1 aliphatic rings. The van der Waals surface area contributed by atoms with Gasteiger partial charge in [0.15, 0.2) is 5.76 Å². The van der Waals surface area contributed by atoms with Gasteiger partial charge in [0.2, 0.25) is 17.6 Å². The SMILES string of the molecule is Cc1ccccc1-c1noc(C2CCN(C(=O)[C@H](C)NC(=O)c3ccco3)CC2)n1. The average molecular weight is 408 g/mol. The minimum atomic E-state index is -0.629. The van der Waals surface area contributed by atoms with Crippen LogP contribution < -0.4 is 5.32 Å². The van der Waals surface area contributed by atoms with Crippen molar-refractivity contribution in [2.24, 2.45) is 0 Å². The third-order valence-electron chi connectivity index (χ3n) is 5.45.